The van der Waals surface area contributed by atoms with Crippen molar-refractivity contribution in [3.63, 3.8) is 0 Å². The van der Waals surface area contributed by atoms with Gasteiger partial charge in [-0.25, -0.2) is 4.98 Å². The summed E-state index contributed by atoms with van der Waals surface area (Å²) in [4.78, 5) is 17.4. The van der Waals surface area contributed by atoms with E-state index in [1.807, 2.05) is 30.3 Å². The first-order valence-electron chi connectivity index (χ1n) is 11.7. The van der Waals surface area contributed by atoms with Gasteiger partial charge in [0.25, 0.3) is 0 Å². The summed E-state index contributed by atoms with van der Waals surface area (Å²) in [6.07, 6.45) is 1.84. The third-order valence-corrected chi connectivity index (χ3v) is 9.04. The van der Waals surface area contributed by atoms with Crippen molar-refractivity contribution in [1.82, 2.24) is 4.98 Å². The largest absolute Gasteiger partial charge is 0.405 e. The van der Waals surface area contributed by atoms with E-state index in [-0.39, 0.29) is 16.7 Å². The Morgan fingerprint density at radius 2 is 1.62 bits per heavy atom. The number of thiazole rings is 1. The summed E-state index contributed by atoms with van der Waals surface area (Å²) >= 11 is 4.51. The average molecular weight is 614 g/mol. The smallest absolute Gasteiger partial charge is 0.298 e. The van der Waals surface area contributed by atoms with Crippen molar-refractivity contribution in [2.24, 2.45) is 0 Å². The van der Waals surface area contributed by atoms with Crippen LogP contribution in [0.3, 0.4) is 0 Å². The van der Waals surface area contributed by atoms with Crippen LogP contribution >= 0.6 is 34.9 Å². The normalized spacial score (nSPS) is 14.0. The summed E-state index contributed by atoms with van der Waals surface area (Å²) in [5.74, 6) is -0.696. The summed E-state index contributed by atoms with van der Waals surface area (Å²) in [5.41, 5.74) is -5.30. The topological polar surface area (TPSA) is 65.5 Å². The molecule has 1 heterocycles. The summed E-state index contributed by atoms with van der Waals surface area (Å²) in [7, 11) is -4.98. The van der Waals surface area contributed by atoms with Gasteiger partial charge >= 0.3 is 13.3 Å². The van der Waals surface area contributed by atoms with Gasteiger partial charge in [0.2, 0.25) is 0 Å². The zero-order chi connectivity index (χ0) is 27.6. The Kier molecular flexibility index (Phi) is 8.97. The van der Waals surface area contributed by atoms with E-state index >= 15 is 8.78 Å². The maximum atomic E-state index is 15.9. The van der Waals surface area contributed by atoms with Gasteiger partial charge in [0.15, 0.2) is 10.8 Å². The third kappa shape index (κ3) is 7.42. The fraction of sp³-hybridized carbons (Fsp3) is 0.407. The molecule has 1 aromatic heterocycles. The average Bonchev–Trinajstić information content (AvgIpc) is 3.30. The van der Waals surface area contributed by atoms with E-state index in [0.29, 0.717) is 10.6 Å². The standard InChI is InChI=1S/C27H31BrF2NO4PS/c1-25(2,3)34-36(33,35-26(4,5)6)27(29,30)21-13-12-18(17-22(21)28)16-20(19-10-8-7-9-11-19)23(32)24-31-14-15-37-24/h7-15,17,20H,16H2,1-6H3. The van der Waals surface area contributed by atoms with Crippen molar-refractivity contribution in [3.8, 4) is 0 Å². The SMILES string of the molecule is CC(C)(C)OP(=O)(OC(C)(C)C)C(F)(F)c1ccc(CC(C(=O)c2nccs2)c2ccccc2)cc1Br. The Labute approximate surface area is 229 Å². The molecule has 2 aromatic carbocycles. The van der Waals surface area contributed by atoms with E-state index in [1.54, 1.807) is 53.1 Å². The fourth-order valence-electron chi connectivity index (χ4n) is 3.71. The van der Waals surface area contributed by atoms with Crippen LogP contribution in [-0.2, 0) is 25.7 Å². The number of ketones is 1. The Morgan fingerprint density at radius 3 is 2.11 bits per heavy atom. The van der Waals surface area contributed by atoms with Crippen LogP contribution in [0, 0.1) is 0 Å². The number of carbonyl (C=O) groups excluding carboxylic acids is 1. The van der Waals surface area contributed by atoms with Gasteiger partial charge in [-0.15, -0.1) is 11.3 Å². The fourth-order valence-corrected chi connectivity index (χ4v) is 7.37. The van der Waals surface area contributed by atoms with Crippen LogP contribution in [0.15, 0.2) is 64.6 Å². The van der Waals surface area contributed by atoms with Crippen molar-refractivity contribution in [2.45, 2.75) is 70.7 Å². The number of halogens is 3. The molecular formula is C27H31BrF2NO4PS. The molecule has 0 amide bonds. The maximum absolute atomic E-state index is 15.9. The molecule has 3 aromatic rings. The molecule has 0 saturated heterocycles. The van der Waals surface area contributed by atoms with Crippen molar-refractivity contribution < 1.29 is 27.2 Å². The number of rotatable bonds is 9. The van der Waals surface area contributed by atoms with Gasteiger partial charge in [0.1, 0.15) is 0 Å². The molecule has 0 saturated carbocycles. The highest BCUT2D eigenvalue weighted by atomic mass is 79.9. The number of carbonyl (C=O) groups is 1. The first kappa shape index (κ1) is 29.8. The maximum Gasteiger partial charge on any atom is 0.405 e. The molecule has 5 nitrogen and oxygen atoms in total. The highest BCUT2D eigenvalue weighted by Gasteiger charge is 2.59. The van der Waals surface area contributed by atoms with E-state index in [1.165, 1.54) is 29.5 Å². The monoisotopic (exact) mass is 613 g/mol. The van der Waals surface area contributed by atoms with Crippen LogP contribution in [-0.4, -0.2) is 22.0 Å². The summed E-state index contributed by atoms with van der Waals surface area (Å²) in [6, 6.07) is 13.5. The second-order valence-corrected chi connectivity index (χ2v) is 14.3. The molecule has 200 valence electrons. The Morgan fingerprint density at radius 1 is 1.03 bits per heavy atom. The Hall–Kier alpha value is -1.77. The molecule has 37 heavy (non-hydrogen) atoms. The molecule has 0 bridgehead atoms. The minimum absolute atomic E-state index is 0.0405. The first-order chi connectivity index (χ1) is 17.0. The van der Waals surface area contributed by atoms with Crippen molar-refractivity contribution in [3.05, 3.63) is 86.3 Å². The van der Waals surface area contributed by atoms with Gasteiger partial charge in [0.05, 0.1) is 17.1 Å². The highest BCUT2D eigenvalue weighted by Crippen LogP contribution is 2.70. The molecule has 0 aliphatic carbocycles. The van der Waals surface area contributed by atoms with E-state index in [0.717, 1.165) is 5.56 Å². The van der Waals surface area contributed by atoms with Crippen LogP contribution in [0.2, 0.25) is 0 Å². The zero-order valence-corrected chi connectivity index (χ0v) is 24.9. The zero-order valence-electron chi connectivity index (χ0n) is 21.6. The molecule has 0 spiro atoms. The molecule has 3 rings (SSSR count). The molecule has 0 aliphatic rings. The lowest BCUT2D eigenvalue weighted by Gasteiger charge is -2.36. The molecule has 0 fully saturated rings. The Bertz CT molecular complexity index is 1250. The first-order valence-corrected chi connectivity index (χ1v) is 14.9. The predicted molar refractivity (Wildman–Crippen MR) is 147 cm³/mol. The predicted octanol–water partition coefficient (Wildman–Crippen LogP) is 8.99. The number of aromatic nitrogens is 1. The van der Waals surface area contributed by atoms with Crippen LogP contribution in [0.25, 0.3) is 0 Å². The van der Waals surface area contributed by atoms with Crippen molar-refractivity contribution >= 4 is 40.6 Å². The molecule has 0 aliphatic heterocycles. The molecule has 1 unspecified atom stereocenters. The van der Waals surface area contributed by atoms with Gasteiger partial charge in [-0.05, 0) is 65.2 Å². The van der Waals surface area contributed by atoms with Crippen LogP contribution in [0.4, 0.5) is 8.78 Å². The number of nitrogens with zero attached hydrogens (tertiary/aromatic N) is 1. The number of alkyl halides is 2. The summed E-state index contributed by atoms with van der Waals surface area (Å²) in [6.45, 7) is 9.27. The number of hydrogen-bond acceptors (Lipinski definition) is 6. The van der Waals surface area contributed by atoms with Gasteiger partial charge < -0.3 is 0 Å². The minimum Gasteiger partial charge on any atom is -0.298 e. The van der Waals surface area contributed by atoms with Crippen molar-refractivity contribution in [2.75, 3.05) is 0 Å². The lowest BCUT2D eigenvalue weighted by atomic mass is 9.88. The van der Waals surface area contributed by atoms with Crippen molar-refractivity contribution in [1.29, 1.82) is 0 Å². The second-order valence-electron chi connectivity index (χ2n) is 10.6. The summed E-state index contributed by atoms with van der Waals surface area (Å²) in [5, 5.41) is 2.12. The number of benzene rings is 2. The molecule has 0 radical (unpaired) electrons. The molecular weight excluding hydrogens is 583 g/mol. The van der Waals surface area contributed by atoms with Gasteiger partial charge in [-0.2, -0.15) is 8.78 Å². The van der Waals surface area contributed by atoms with E-state index in [2.05, 4.69) is 20.9 Å². The van der Waals surface area contributed by atoms with E-state index < -0.39 is 35.9 Å². The molecule has 1 atom stereocenters. The van der Waals surface area contributed by atoms with E-state index in [9.17, 15) is 9.36 Å². The number of Topliss-reactive ketones (excluding diaryl/α,β-unsaturated/α-hetero) is 1. The Balaban J connectivity index is 1.99. The molecule has 0 N–H and O–H groups in total. The van der Waals surface area contributed by atoms with Gasteiger partial charge in [0, 0.05) is 21.6 Å². The summed E-state index contributed by atoms with van der Waals surface area (Å²) < 4.78 is 56.3. The second kappa shape index (κ2) is 11.1. The highest BCUT2D eigenvalue weighted by molar-refractivity contribution is 9.10. The lowest BCUT2D eigenvalue weighted by Crippen LogP contribution is -2.30. The number of hydrogen-bond donors (Lipinski definition) is 0. The van der Waals surface area contributed by atoms with Crippen LogP contribution in [0.1, 0.15) is 74.0 Å². The lowest BCUT2D eigenvalue weighted by molar-refractivity contribution is -0.0216. The molecule has 10 heteroatoms. The quantitative estimate of drug-likeness (QED) is 0.178. The van der Waals surface area contributed by atoms with Crippen LogP contribution in [0.5, 0.6) is 0 Å². The minimum atomic E-state index is -4.98. The van der Waals surface area contributed by atoms with Crippen LogP contribution < -0.4 is 0 Å². The van der Waals surface area contributed by atoms with Gasteiger partial charge in [-0.3, -0.25) is 18.4 Å². The van der Waals surface area contributed by atoms with E-state index in [4.69, 9.17) is 9.05 Å². The third-order valence-electron chi connectivity index (χ3n) is 5.09. The van der Waals surface area contributed by atoms with Gasteiger partial charge in [-0.1, -0.05) is 58.4 Å².